The van der Waals surface area contributed by atoms with Crippen molar-refractivity contribution < 1.29 is 4.42 Å². The van der Waals surface area contributed by atoms with Crippen LogP contribution in [0.3, 0.4) is 0 Å². The summed E-state index contributed by atoms with van der Waals surface area (Å²) in [6, 6.07) is 33.7. The molecule has 2 atom stereocenters. The number of aromatic nitrogens is 3. The van der Waals surface area contributed by atoms with Crippen molar-refractivity contribution in [3.63, 3.8) is 0 Å². The van der Waals surface area contributed by atoms with Crippen LogP contribution in [-0.4, -0.2) is 15.0 Å². The van der Waals surface area contributed by atoms with Gasteiger partial charge in [0, 0.05) is 27.5 Å². The first-order chi connectivity index (χ1) is 20.1. The van der Waals surface area contributed by atoms with E-state index in [9.17, 15) is 0 Å². The number of fused-ring (bicyclic) bond motifs is 3. The van der Waals surface area contributed by atoms with Gasteiger partial charge >= 0.3 is 0 Å². The normalized spacial score (nSPS) is 26.4. The summed E-state index contributed by atoms with van der Waals surface area (Å²) in [5.74, 6) is 6.04. The topological polar surface area (TPSA) is 51.8 Å². The fourth-order valence-electron chi connectivity index (χ4n) is 8.42. The molecule has 4 nitrogen and oxygen atoms in total. The lowest BCUT2D eigenvalue weighted by molar-refractivity contribution is -0.141. The fourth-order valence-corrected chi connectivity index (χ4v) is 8.42. The first-order valence-electron chi connectivity index (χ1n) is 15.0. The summed E-state index contributed by atoms with van der Waals surface area (Å²) in [6.45, 7) is 2.49. The Labute approximate surface area is 239 Å². The molecule has 3 fully saturated rings. The summed E-state index contributed by atoms with van der Waals surface area (Å²) in [4.78, 5) is 15.0. The molecule has 3 aliphatic carbocycles. The van der Waals surface area contributed by atoms with Gasteiger partial charge in [0.15, 0.2) is 17.5 Å². The molecule has 200 valence electrons. The average Bonchev–Trinajstić information content (AvgIpc) is 3.37. The van der Waals surface area contributed by atoms with Crippen LogP contribution in [0.2, 0.25) is 0 Å². The highest BCUT2D eigenvalue weighted by Crippen LogP contribution is 2.67. The molecule has 3 aliphatic rings. The van der Waals surface area contributed by atoms with E-state index in [2.05, 4.69) is 55.5 Å². The molecule has 0 amide bonds. The predicted octanol–water partition coefficient (Wildman–Crippen LogP) is 9.10. The standard InChI is InChI=1S/C37H31N3O/c1-37(20-26-17-25-18-27(21-37)33(25)26)28-14-11-23(12-15-28)35-38-34(22-7-3-2-4-8-22)39-36(40-35)24-13-16-32-30(19-24)29-9-5-6-10-31(29)41-32/h2-16,19,25-27,33H,17-18,20-21H2,1H3. The molecule has 0 spiro atoms. The molecule has 0 radical (unpaired) electrons. The molecule has 6 aromatic rings. The summed E-state index contributed by atoms with van der Waals surface area (Å²) in [5.41, 5.74) is 6.44. The maximum Gasteiger partial charge on any atom is 0.164 e. The van der Waals surface area contributed by atoms with E-state index in [4.69, 9.17) is 19.4 Å². The van der Waals surface area contributed by atoms with Crippen LogP contribution in [0.5, 0.6) is 0 Å². The SMILES string of the molecule is CC1(c2ccc(-c3nc(-c4ccccc4)nc(-c4ccc5oc6ccccc6c5c4)n3)cc2)CC2CC3CC(C1)C32. The molecule has 2 aromatic heterocycles. The number of hydrogen-bond acceptors (Lipinski definition) is 4. The third-order valence-electron chi connectivity index (χ3n) is 10.4. The Kier molecular flexibility index (Phi) is 4.91. The Morgan fingerprint density at radius 1 is 0.585 bits per heavy atom. The molecule has 3 saturated carbocycles. The van der Waals surface area contributed by atoms with Crippen LogP contribution in [-0.2, 0) is 5.41 Å². The molecule has 4 heteroatoms. The van der Waals surface area contributed by atoms with Crippen molar-refractivity contribution >= 4 is 21.9 Å². The van der Waals surface area contributed by atoms with Crippen molar-refractivity contribution in [1.29, 1.82) is 0 Å². The van der Waals surface area contributed by atoms with Gasteiger partial charge in [0.1, 0.15) is 11.2 Å². The van der Waals surface area contributed by atoms with Gasteiger partial charge in [0.25, 0.3) is 0 Å². The van der Waals surface area contributed by atoms with E-state index in [0.717, 1.165) is 62.3 Å². The highest BCUT2D eigenvalue weighted by Gasteiger charge is 2.59. The molecule has 0 N–H and O–H groups in total. The van der Waals surface area contributed by atoms with Crippen molar-refractivity contribution in [2.24, 2.45) is 23.7 Å². The van der Waals surface area contributed by atoms with Gasteiger partial charge in [-0.05, 0) is 84.6 Å². The Hall–Kier alpha value is -4.31. The summed E-state index contributed by atoms with van der Waals surface area (Å²) in [5, 5.41) is 2.16. The second-order valence-electron chi connectivity index (χ2n) is 12.9. The zero-order valence-corrected chi connectivity index (χ0v) is 23.1. The van der Waals surface area contributed by atoms with E-state index in [1.54, 1.807) is 0 Å². The molecule has 4 aromatic carbocycles. The van der Waals surface area contributed by atoms with E-state index in [0.29, 0.717) is 17.5 Å². The van der Waals surface area contributed by atoms with E-state index < -0.39 is 0 Å². The van der Waals surface area contributed by atoms with Crippen molar-refractivity contribution in [1.82, 2.24) is 15.0 Å². The highest BCUT2D eigenvalue weighted by molar-refractivity contribution is 6.06. The minimum atomic E-state index is 0.276. The summed E-state index contributed by atoms with van der Waals surface area (Å²) < 4.78 is 6.07. The Morgan fingerprint density at radius 3 is 1.88 bits per heavy atom. The monoisotopic (exact) mass is 533 g/mol. The molecule has 41 heavy (non-hydrogen) atoms. The summed E-state index contributed by atoms with van der Waals surface area (Å²) in [7, 11) is 0. The van der Waals surface area contributed by atoms with E-state index in [1.807, 2.05) is 48.5 Å². The molecule has 0 saturated heterocycles. The van der Waals surface area contributed by atoms with Gasteiger partial charge in [-0.15, -0.1) is 0 Å². The van der Waals surface area contributed by atoms with Gasteiger partial charge < -0.3 is 4.42 Å². The Bertz CT molecular complexity index is 1930. The quantitative estimate of drug-likeness (QED) is 0.227. The van der Waals surface area contributed by atoms with Gasteiger partial charge in [-0.3, -0.25) is 0 Å². The summed E-state index contributed by atoms with van der Waals surface area (Å²) >= 11 is 0. The molecule has 2 heterocycles. The lowest BCUT2D eigenvalue weighted by Crippen LogP contribution is -2.58. The number of nitrogens with zero attached hydrogens (tertiary/aromatic N) is 3. The van der Waals surface area contributed by atoms with Crippen molar-refractivity contribution in [2.45, 2.75) is 38.0 Å². The summed E-state index contributed by atoms with van der Waals surface area (Å²) in [6.07, 6.45) is 5.60. The van der Waals surface area contributed by atoms with Gasteiger partial charge in [0.2, 0.25) is 0 Å². The van der Waals surface area contributed by atoms with Gasteiger partial charge in [0.05, 0.1) is 0 Å². The van der Waals surface area contributed by atoms with Crippen molar-refractivity contribution in [2.75, 3.05) is 0 Å². The second kappa shape index (κ2) is 8.59. The molecule has 0 bridgehead atoms. The third-order valence-corrected chi connectivity index (χ3v) is 10.4. The van der Waals surface area contributed by atoms with Gasteiger partial charge in [-0.2, -0.15) is 0 Å². The van der Waals surface area contributed by atoms with Gasteiger partial charge in [-0.25, -0.2) is 15.0 Å². The second-order valence-corrected chi connectivity index (χ2v) is 12.9. The minimum absolute atomic E-state index is 0.276. The molecular formula is C37H31N3O. The number of hydrogen-bond donors (Lipinski definition) is 0. The number of para-hydroxylation sites is 1. The van der Waals surface area contributed by atoms with Crippen LogP contribution in [0.25, 0.3) is 56.1 Å². The maximum absolute atomic E-state index is 6.07. The van der Waals surface area contributed by atoms with Crippen LogP contribution >= 0.6 is 0 Å². The Morgan fingerprint density at radius 2 is 1.17 bits per heavy atom. The van der Waals surface area contributed by atoms with Crippen molar-refractivity contribution in [3.8, 4) is 34.2 Å². The first kappa shape index (κ1) is 23.4. The number of rotatable bonds is 4. The smallest absolute Gasteiger partial charge is 0.164 e. The van der Waals surface area contributed by atoms with Crippen molar-refractivity contribution in [3.05, 3.63) is 103 Å². The van der Waals surface area contributed by atoms with Crippen LogP contribution in [0.4, 0.5) is 0 Å². The number of benzene rings is 4. The van der Waals surface area contributed by atoms with Crippen LogP contribution in [0.1, 0.15) is 38.2 Å². The van der Waals surface area contributed by atoms with E-state index >= 15 is 0 Å². The first-order valence-corrected chi connectivity index (χ1v) is 15.0. The lowest BCUT2D eigenvalue weighted by Gasteiger charge is -2.65. The molecular weight excluding hydrogens is 502 g/mol. The Balaban J connectivity index is 1.13. The number of furan rings is 1. The van der Waals surface area contributed by atoms with Crippen LogP contribution in [0.15, 0.2) is 101 Å². The van der Waals surface area contributed by atoms with E-state index in [1.165, 1.54) is 31.2 Å². The van der Waals surface area contributed by atoms with Crippen LogP contribution < -0.4 is 0 Å². The maximum atomic E-state index is 6.07. The molecule has 0 aliphatic heterocycles. The zero-order valence-electron chi connectivity index (χ0n) is 23.1. The highest BCUT2D eigenvalue weighted by atomic mass is 16.3. The minimum Gasteiger partial charge on any atom is -0.456 e. The largest absolute Gasteiger partial charge is 0.456 e. The molecule has 2 unspecified atom stereocenters. The zero-order chi connectivity index (χ0) is 27.1. The molecule has 9 rings (SSSR count). The fraction of sp³-hybridized carbons (Fsp3) is 0.270. The lowest BCUT2D eigenvalue weighted by atomic mass is 9.39. The predicted molar refractivity (Wildman–Crippen MR) is 163 cm³/mol. The van der Waals surface area contributed by atoms with Gasteiger partial charge in [-0.1, -0.05) is 79.7 Å². The van der Waals surface area contributed by atoms with E-state index in [-0.39, 0.29) is 5.41 Å². The third kappa shape index (κ3) is 3.63. The average molecular weight is 534 g/mol. The van der Waals surface area contributed by atoms with Crippen LogP contribution in [0, 0.1) is 23.7 Å².